The molecule has 2 aromatic carbocycles. The number of rotatable bonds is 3. The highest BCUT2D eigenvalue weighted by Crippen LogP contribution is 2.26. The molecule has 2 aromatic heterocycles. The van der Waals surface area contributed by atoms with Gasteiger partial charge in [-0.2, -0.15) is 0 Å². The molecule has 1 N–H and O–H groups in total. The fraction of sp³-hybridized carbons (Fsp3) is 0.0952. The minimum atomic E-state index is -0.340. The molecular weight excluding hydrogens is 341 g/mol. The smallest absolute Gasteiger partial charge is 0.185 e. The Hall–Kier alpha value is -3.54. The lowest BCUT2D eigenvalue weighted by molar-refractivity contribution is 0.630. The Morgan fingerprint density at radius 3 is 2.48 bits per heavy atom. The number of aromatic nitrogens is 3. The maximum absolute atomic E-state index is 14.3. The van der Waals surface area contributed by atoms with Crippen molar-refractivity contribution in [3.05, 3.63) is 78.1 Å². The van der Waals surface area contributed by atoms with Gasteiger partial charge in [0.05, 0.1) is 23.4 Å². The summed E-state index contributed by atoms with van der Waals surface area (Å²) < 4.78 is 16.1. The monoisotopic (exact) mass is 357 g/mol. The highest BCUT2D eigenvalue weighted by molar-refractivity contribution is 6.05. The Balaban J connectivity index is 1.78. The molecule has 3 heterocycles. The number of hydrogen-bond donors (Lipinski definition) is 1. The van der Waals surface area contributed by atoms with Gasteiger partial charge in [-0.05, 0) is 24.3 Å². The van der Waals surface area contributed by atoms with E-state index in [1.54, 1.807) is 22.7 Å². The Kier molecular flexibility index (Phi) is 3.67. The van der Waals surface area contributed by atoms with Crippen molar-refractivity contribution in [2.24, 2.45) is 4.99 Å². The van der Waals surface area contributed by atoms with Gasteiger partial charge >= 0.3 is 0 Å². The lowest BCUT2D eigenvalue weighted by atomic mass is 10.1. The van der Waals surface area contributed by atoms with Gasteiger partial charge in [-0.3, -0.25) is 4.99 Å². The molecule has 0 aliphatic carbocycles. The number of aliphatic imine (C=N–C) groups is 1. The average molecular weight is 357 g/mol. The lowest BCUT2D eigenvalue weighted by Crippen LogP contribution is -2.20. The number of halogens is 1. The SMILES string of the molecule is Fc1ccccc1-c1nc2c(C3=NCCN3)ccc(-c3ccccc3)n2n1. The second-order valence-corrected chi connectivity index (χ2v) is 6.31. The summed E-state index contributed by atoms with van der Waals surface area (Å²) >= 11 is 0. The zero-order chi connectivity index (χ0) is 18.2. The van der Waals surface area contributed by atoms with E-state index in [1.807, 2.05) is 42.5 Å². The Bertz CT molecular complexity index is 1160. The Labute approximate surface area is 155 Å². The van der Waals surface area contributed by atoms with Crippen LogP contribution in [-0.4, -0.2) is 33.5 Å². The molecule has 0 bridgehead atoms. The molecule has 0 saturated carbocycles. The second-order valence-electron chi connectivity index (χ2n) is 6.31. The maximum atomic E-state index is 14.3. The van der Waals surface area contributed by atoms with Crippen LogP contribution in [-0.2, 0) is 0 Å². The van der Waals surface area contributed by atoms with Crippen LogP contribution in [0.1, 0.15) is 5.56 Å². The van der Waals surface area contributed by atoms with Gasteiger partial charge in [0.1, 0.15) is 11.7 Å². The van der Waals surface area contributed by atoms with Crippen molar-refractivity contribution in [3.8, 4) is 22.6 Å². The van der Waals surface area contributed by atoms with Crippen molar-refractivity contribution in [3.63, 3.8) is 0 Å². The summed E-state index contributed by atoms with van der Waals surface area (Å²) in [4.78, 5) is 9.17. The van der Waals surface area contributed by atoms with E-state index < -0.39 is 0 Å². The van der Waals surface area contributed by atoms with Gasteiger partial charge in [-0.25, -0.2) is 13.9 Å². The van der Waals surface area contributed by atoms with Gasteiger partial charge in [-0.1, -0.05) is 42.5 Å². The minimum Gasteiger partial charge on any atom is -0.368 e. The zero-order valence-electron chi connectivity index (χ0n) is 14.4. The third-order valence-electron chi connectivity index (χ3n) is 4.60. The molecule has 0 fully saturated rings. The van der Waals surface area contributed by atoms with Crippen molar-refractivity contribution in [2.45, 2.75) is 0 Å². The summed E-state index contributed by atoms with van der Waals surface area (Å²) in [5, 5.41) is 7.91. The van der Waals surface area contributed by atoms with Crippen molar-refractivity contribution >= 4 is 11.5 Å². The lowest BCUT2D eigenvalue weighted by Gasteiger charge is -2.08. The van der Waals surface area contributed by atoms with Gasteiger partial charge in [0.15, 0.2) is 11.5 Å². The van der Waals surface area contributed by atoms with E-state index in [-0.39, 0.29) is 5.82 Å². The maximum Gasteiger partial charge on any atom is 0.185 e. The number of nitrogens with zero attached hydrogens (tertiary/aromatic N) is 4. The van der Waals surface area contributed by atoms with E-state index in [2.05, 4.69) is 20.4 Å². The Morgan fingerprint density at radius 1 is 0.889 bits per heavy atom. The second kappa shape index (κ2) is 6.32. The van der Waals surface area contributed by atoms with Crippen LogP contribution in [0.25, 0.3) is 28.3 Å². The first-order chi connectivity index (χ1) is 13.3. The molecular formula is C21H16FN5. The van der Waals surface area contributed by atoms with Crippen LogP contribution in [0.2, 0.25) is 0 Å². The van der Waals surface area contributed by atoms with Gasteiger partial charge in [0, 0.05) is 12.1 Å². The quantitative estimate of drug-likeness (QED) is 0.610. The first-order valence-corrected chi connectivity index (χ1v) is 8.80. The van der Waals surface area contributed by atoms with Crippen LogP contribution in [0.5, 0.6) is 0 Å². The van der Waals surface area contributed by atoms with E-state index in [4.69, 9.17) is 0 Å². The normalized spacial score (nSPS) is 13.6. The van der Waals surface area contributed by atoms with E-state index in [9.17, 15) is 4.39 Å². The summed E-state index contributed by atoms with van der Waals surface area (Å²) in [6, 6.07) is 20.5. The van der Waals surface area contributed by atoms with Crippen LogP contribution >= 0.6 is 0 Å². The van der Waals surface area contributed by atoms with Crippen molar-refractivity contribution in [2.75, 3.05) is 13.1 Å². The van der Waals surface area contributed by atoms with Crippen LogP contribution in [0.3, 0.4) is 0 Å². The fourth-order valence-electron chi connectivity index (χ4n) is 3.31. The van der Waals surface area contributed by atoms with Crippen molar-refractivity contribution in [1.29, 1.82) is 0 Å². The van der Waals surface area contributed by atoms with E-state index in [0.717, 1.165) is 35.7 Å². The van der Waals surface area contributed by atoms with Gasteiger partial charge in [-0.15, -0.1) is 5.10 Å². The predicted molar refractivity (Wildman–Crippen MR) is 103 cm³/mol. The van der Waals surface area contributed by atoms with Crippen LogP contribution in [0.4, 0.5) is 4.39 Å². The first-order valence-electron chi connectivity index (χ1n) is 8.80. The summed E-state index contributed by atoms with van der Waals surface area (Å²) in [6.45, 7) is 1.53. The topological polar surface area (TPSA) is 54.6 Å². The zero-order valence-corrected chi connectivity index (χ0v) is 14.4. The molecule has 6 heteroatoms. The molecule has 1 aliphatic heterocycles. The van der Waals surface area contributed by atoms with Crippen molar-refractivity contribution < 1.29 is 4.39 Å². The average Bonchev–Trinajstić information content (AvgIpc) is 3.38. The van der Waals surface area contributed by atoms with Crippen molar-refractivity contribution in [1.82, 2.24) is 19.9 Å². The fourth-order valence-corrected chi connectivity index (χ4v) is 3.31. The minimum absolute atomic E-state index is 0.340. The number of pyridine rings is 1. The molecule has 0 saturated heterocycles. The highest BCUT2D eigenvalue weighted by atomic mass is 19.1. The number of nitrogens with one attached hydrogen (secondary N) is 1. The van der Waals surface area contributed by atoms with Gasteiger partial charge in [0.25, 0.3) is 0 Å². The molecule has 4 aromatic rings. The molecule has 5 rings (SSSR count). The molecule has 0 unspecified atom stereocenters. The third-order valence-corrected chi connectivity index (χ3v) is 4.60. The largest absolute Gasteiger partial charge is 0.368 e. The van der Waals surface area contributed by atoms with Crippen LogP contribution in [0, 0.1) is 5.82 Å². The summed E-state index contributed by atoms with van der Waals surface area (Å²) in [6.07, 6.45) is 0. The molecule has 0 atom stereocenters. The molecule has 0 spiro atoms. The molecule has 0 amide bonds. The Morgan fingerprint density at radius 2 is 1.70 bits per heavy atom. The first kappa shape index (κ1) is 15.7. The third kappa shape index (κ3) is 2.66. The van der Waals surface area contributed by atoms with E-state index in [0.29, 0.717) is 17.0 Å². The van der Waals surface area contributed by atoms with Gasteiger partial charge in [0.2, 0.25) is 0 Å². The van der Waals surface area contributed by atoms with Crippen LogP contribution in [0.15, 0.2) is 71.7 Å². The molecule has 5 nitrogen and oxygen atoms in total. The standard InChI is InChI=1S/C21H16FN5/c22-17-9-5-4-8-15(17)20-25-21-16(19-23-12-13-24-19)10-11-18(27(21)26-20)14-6-2-1-3-7-14/h1-11H,12-13H2,(H,23,24). The number of benzene rings is 2. The number of amidine groups is 1. The predicted octanol–water partition coefficient (Wildman–Crippen LogP) is 3.55. The molecule has 27 heavy (non-hydrogen) atoms. The summed E-state index contributed by atoms with van der Waals surface area (Å²) in [5.41, 5.74) is 3.81. The van der Waals surface area contributed by atoms with Gasteiger partial charge < -0.3 is 5.32 Å². The number of fused-ring (bicyclic) bond motifs is 1. The molecule has 1 aliphatic rings. The summed E-state index contributed by atoms with van der Waals surface area (Å²) in [5.74, 6) is 0.816. The van der Waals surface area contributed by atoms with Crippen LogP contribution < -0.4 is 5.32 Å². The summed E-state index contributed by atoms with van der Waals surface area (Å²) in [7, 11) is 0. The number of hydrogen-bond acceptors (Lipinski definition) is 4. The van der Waals surface area contributed by atoms with E-state index >= 15 is 0 Å². The molecule has 0 radical (unpaired) electrons. The van der Waals surface area contributed by atoms with E-state index in [1.165, 1.54) is 6.07 Å². The highest BCUT2D eigenvalue weighted by Gasteiger charge is 2.19. The molecule has 132 valence electrons.